The molecule has 1 aromatic rings. The first-order valence-corrected chi connectivity index (χ1v) is 6.04. The van der Waals surface area contributed by atoms with Crippen molar-refractivity contribution in [3.63, 3.8) is 0 Å². The van der Waals surface area contributed by atoms with Crippen LogP contribution in [0.3, 0.4) is 0 Å². The molecular weight excluding hydrogens is 202 g/mol. The minimum atomic E-state index is -0.544. The van der Waals surface area contributed by atoms with Crippen LogP contribution in [0.4, 0.5) is 0 Å². The van der Waals surface area contributed by atoms with Gasteiger partial charge in [-0.3, -0.25) is 0 Å². The van der Waals surface area contributed by atoms with Crippen LogP contribution in [0.5, 0.6) is 0 Å². The summed E-state index contributed by atoms with van der Waals surface area (Å²) in [6, 6.07) is 8.48. The lowest BCUT2D eigenvalue weighted by Crippen LogP contribution is -2.41. The lowest BCUT2D eigenvalue weighted by atomic mass is 10.1. The first-order chi connectivity index (χ1) is 7.88. The molecule has 0 aliphatic carbocycles. The van der Waals surface area contributed by atoms with E-state index in [1.54, 1.807) is 0 Å². The molecule has 3 aliphatic rings. The first-order valence-electron chi connectivity index (χ1n) is 6.04. The summed E-state index contributed by atoms with van der Waals surface area (Å²) in [5.41, 5.74) is 2.57. The van der Waals surface area contributed by atoms with Crippen LogP contribution in [0, 0.1) is 0 Å². The van der Waals surface area contributed by atoms with E-state index in [-0.39, 0.29) is 6.10 Å². The summed E-state index contributed by atoms with van der Waals surface area (Å²) in [4.78, 5) is 2.34. The lowest BCUT2D eigenvalue weighted by molar-refractivity contribution is -0.263. The molecule has 0 amide bonds. The van der Waals surface area contributed by atoms with Gasteiger partial charge in [0.05, 0.1) is 12.7 Å². The van der Waals surface area contributed by atoms with Gasteiger partial charge in [-0.2, -0.15) is 0 Å². The zero-order chi connectivity index (χ0) is 10.6. The molecule has 3 heteroatoms. The number of hydrogen-bond donors (Lipinski definition) is 0. The van der Waals surface area contributed by atoms with Crippen LogP contribution in [0.2, 0.25) is 0 Å². The largest absolute Gasteiger partial charge is 0.331 e. The molecule has 3 nitrogen and oxygen atoms in total. The molecule has 16 heavy (non-hydrogen) atoms. The fraction of sp³-hybridized carbons (Fsp3) is 0.538. The maximum absolute atomic E-state index is 6.16. The van der Waals surface area contributed by atoms with Gasteiger partial charge in [0.15, 0.2) is 0 Å². The summed E-state index contributed by atoms with van der Waals surface area (Å²) in [6.07, 6.45) is 2.63. The van der Waals surface area contributed by atoms with E-state index in [1.807, 2.05) is 0 Å². The van der Waals surface area contributed by atoms with Gasteiger partial charge in [-0.25, -0.2) is 4.90 Å². The van der Waals surface area contributed by atoms with Crippen LogP contribution in [0.25, 0.3) is 0 Å². The molecule has 3 aliphatic heterocycles. The maximum atomic E-state index is 6.16. The third-order valence-electron chi connectivity index (χ3n) is 3.88. The summed E-state index contributed by atoms with van der Waals surface area (Å²) < 4.78 is 12.2. The highest BCUT2D eigenvalue weighted by atomic mass is 16.8. The Morgan fingerprint density at radius 1 is 1.31 bits per heavy atom. The second-order valence-electron chi connectivity index (χ2n) is 4.85. The van der Waals surface area contributed by atoms with Crippen LogP contribution < -0.4 is 0 Å². The van der Waals surface area contributed by atoms with E-state index >= 15 is 0 Å². The molecule has 0 saturated carbocycles. The van der Waals surface area contributed by atoms with Gasteiger partial charge in [0, 0.05) is 18.7 Å². The predicted octanol–water partition coefficient (Wildman–Crippen LogP) is 1.82. The monoisotopic (exact) mass is 217 g/mol. The lowest BCUT2D eigenvalue weighted by Gasteiger charge is -2.32. The second-order valence-corrected chi connectivity index (χ2v) is 4.85. The van der Waals surface area contributed by atoms with Crippen molar-refractivity contribution in [3.05, 3.63) is 35.4 Å². The van der Waals surface area contributed by atoms with Crippen molar-refractivity contribution in [2.45, 2.75) is 31.4 Å². The molecule has 2 unspecified atom stereocenters. The standard InChI is InChI=1S/C13H15NO2/c1-2-6-12-10(4-1)8-14-7-3-5-11-9-15-13(12,14)16-11/h1-2,4,6,11H,3,5,7-9H2. The second kappa shape index (κ2) is 3.06. The summed E-state index contributed by atoms with van der Waals surface area (Å²) in [5.74, 6) is -0.544. The van der Waals surface area contributed by atoms with Crippen molar-refractivity contribution in [2.75, 3.05) is 13.2 Å². The molecule has 84 valence electrons. The minimum absolute atomic E-state index is 0.288. The highest BCUT2D eigenvalue weighted by Gasteiger charge is 2.54. The Balaban J connectivity index is 1.87. The van der Waals surface area contributed by atoms with Crippen molar-refractivity contribution in [3.8, 4) is 0 Å². The van der Waals surface area contributed by atoms with Crippen molar-refractivity contribution in [1.29, 1.82) is 0 Å². The Labute approximate surface area is 95.0 Å². The highest BCUT2D eigenvalue weighted by Crippen LogP contribution is 2.47. The highest BCUT2D eigenvalue weighted by molar-refractivity contribution is 5.35. The van der Waals surface area contributed by atoms with Crippen LogP contribution in [0.1, 0.15) is 24.0 Å². The molecule has 0 aromatic heterocycles. The van der Waals surface area contributed by atoms with Gasteiger partial charge in [-0.05, 0) is 18.4 Å². The predicted molar refractivity (Wildman–Crippen MR) is 58.6 cm³/mol. The first kappa shape index (κ1) is 9.16. The number of fused-ring (bicyclic) bond motifs is 2. The average Bonchev–Trinajstić information content (AvgIpc) is 2.79. The Hall–Kier alpha value is -0.900. The van der Waals surface area contributed by atoms with Gasteiger partial charge < -0.3 is 9.47 Å². The number of nitrogens with zero attached hydrogens (tertiary/aromatic N) is 1. The minimum Gasteiger partial charge on any atom is -0.331 e. The number of benzene rings is 1. The zero-order valence-electron chi connectivity index (χ0n) is 9.19. The van der Waals surface area contributed by atoms with E-state index in [0.717, 1.165) is 26.1 Å². The summed E-state index contributed by atoms with van der Waals surface area (Å²) in [7, 11) is 0. The van der Waals surface area contributed by atoms with Gasteiger partial charge in [-0.1, -0.05) is 24.3 Å². The van der Waals surface area contributed by atoms with Crippen LogP contribution in [0.15, 0.2) is 24.3 Å². The summed E-state index contributed by atoms with van der Waals surface area (Å²) in [5, 5.41) is 0. The van der Waals surface area contributed by atoms with Gasteiger partial charge in [0.25, 0.3) is 5.91 Å². The Bertz CT molecular complexity index is 434. The topological polar surface area (TPSA) is 21.7 Å². The third kappa shape index (κ3) is 1.03. The normalized spacial score (nSPS) is 36.9. The number of hydrogen-bond acceptors (Lipinski definition) is 3. The van der Waals surface area contributed by atoms with Crippen LogP contribution in [-0.2, 0) is 21.9 Å². The molecule has 0 radical (unpaired) electrons. The zero-order valence-corrected chi connectivity index (χ0v) is 9.19. The average molecular weight is 217 g/mol. The molecule has 2 saturated heterocycles. The maximum Gasteiger partial charge on any atom is 0.259 e. The van der Waals surface area contributed by atoms with Gasteiger partial charge >= 0.3 is 0 Å². The van der Waals surface area contributed by atoms with E-state index in [1.165, 1.54) is 17.5 Å². The molecule has 4 rings (SSSR count). The van der Waals surface area contributed by atoms with Crippen LogP contribution in [-0.4, -0.2) is 24.2 Å². The fourth-order valence-corrected chi connectivity index (χ4v) is 3.13. The molecule has 2 bridgehead atoms. The molecule has 3 heterocycles. The molecule has 1 aromatic carbocycles. The molecular formula is C13H15NO2. The number of rotatable bonds is 0. The quantitative estimate of drug-likeness (QED) is 0.661. The SMILES string of the molecule is c1ccc2c(c1)CN1CCCC3COC21O3. The Morgan fingerprint density at radius 2 is 2.25 bits per heavy atom. The van der Waals surface area contributed by atoms with Gasteiger partial charge in [-0.15, -0.1) is 0 Å². The van der Waals surface area contributed by atoms with Crippen LogP contribution >= 0.6 is 0 Å². The van der Waals surface area contributed by atoms with Crippen molar-refractivity contribution >= 4 is 0 Å². The van der Waals surface area contributed by atoms with Gasteiger partial charge in [0.1, 0.15) is 0 Å². The Kier molecular flexibility index (Phi) is 1.76. The van der Waals surface area contributed by atoms with E-state index < -0.39 is 5.91 Å². The van der Waals surface area contributed by atoms with Crippen molar-refractivity contribution in [2.24, 2.45) is 0 Å². The smallest absolute Gasteiger partial charge is 0.259 e. The molecule has 1 spiro atoms. The Morgan fingerprint density at radius 3 is 3.25 bits per heavy atom. The third-order valence-corrected chi connectivity index (χ3v) is 3.88. The van der Waals surface area contributed by atoms with E-state index in [2.05, 4.69) is 29.2 Å². The van der Waals surface area contributed by atoms with E-state index in [4.69, 9.17) is 9.47 Å². The van der Waals surface area contributed by atoms with Crippen molar-refractivity contribution in [1.82, 2.24) is 4.90 Å². The summed E-state index contributed by atoms with van der Waals surface area (Å²) in [6.45, 7) is 2.78. The number of ether oxygens (including phenoxy) is 2. The summed E-state index contributed by atoms with van der Waals surface area (Å²) >= 11 is 0. The molecule has 0 N–H and O–H groups in total. The fourth-order valence-electron chi connectivity index (χ4n) is 3.13. The van der Waals surface area contributed by atoms with E-state index in [9.17, 15) is 0 Å². The van der Waals surface area contributed by atoms with Gasteiger partial charge in [0.2, 0.25) is 0 Å². The van der Waals surface area contributed by atoms with E-state index in [0.29, 0.717) is 0 Å². The molecule has 2 fully saturated rings. The molecule has 2 atom stereocenters. The van der Waals surface area contributed by atoms with Crippen molar-refractivity contribution < 1.29 is 9.47 Å².